The van der Waals surface area contributed by atoms with Crippen LogP contribution in [0, 0.1) is 0 Å². The maximum absolute atomic E-state index is 5.45. The predicted octanol–water partition coefficient (Wildman–Crippen LogP) is 2.29. The zero-order valence-corrected chi connectivity index (χ0v) is 9.13. The van der Waals surface area contributed by atoms with Gasteiger partial charge in [0, 0.05) is 29.7 Å². The number of hydrogen-bond acceptors (Lipinski definition) is 2. The molecule has 0 aliphatic carbocycles. The van der Waals surface area contributed by atoms with Gasteiger partial charge in [0.05, 0.1) is 6.61 Å². The van der Waals surface area contributed by atoms with Crippen molar-refractivity contribution in [3.63, 3.8) is 0 Å². The minimum atomic E-state index is 0.704. The molecule has 0 saturated heterocycles. The lowest BCUT2D eigenvalue weighted by Gasteiger charge is -2.03. The second-order valence-electron chi connectivity index (χ2n) is 3.48. The largest absolute Gasteiger partial charge is 0.494 e. The number of hydrogen-bond donors (Lipinski definition) is 2. The second-order valence-corrected chi connectivity index (χ2v) is 3.48. The summed E-state index contributed by atoms with van der Waals surface area (Å²) in [5.74, 6) is 0.919. The van der Waals surface area contributed by atoms with Gasteiger partial charge in [0.15, 0.2) is 0 Å². The van der Waals surface area contributed by atoms with Crippen molar-refractivity contribution in [3.8, 4) is 5.75 Å². The molecular weight excluding hydrogens is 188 g/mol. The monoisotopic (exact) mass is 204 g/mol. The van der Waals surface area contributed by atoms with Crippen LogP contribution in [0.15, 0.2) is 24.4 Å². The molecule has 0 spiro atoms. The summed E-state index contributed by atoms with van der Waals surface area (Å²) in [6.07, 6.45) is 2.04. The van der Waals surface area contributed by atoms with Crippen LogP contribution in [-0.2, 0) is 6.54 Å². The lowest BCUT2D eigenvalue weighted by Crippen LogP contribution is -2.03. The lowest BCUT2D eigenvalue weighted by molar-refractivity contribution is 0.340. The third kappa shape index (κ3) is 1.97. The van der Waals surface area contributed by atoms with Gasteiger partial charge in [0.2, 0.25) is 0 Å². The molecule has 3 nitrogen and oxygen atoms in total. The molecule has 1 aromatic heterocycles. The van der Waals surface area contributed by atoms with Crippen molar-refractivity contribution in [3.05, 3.63) is 30.0 Å². The number of benzene rings is 1. The molecule has 0 aliphatic rings. The van der Waals surface area contributed by atoms with Crippen molar-refractivity contribution in [2.75, 3.05) is 13.7 Å². The smallest absolute Gasteiger partial charge is 0.121 e. The summed E-state index contributed by atoms with van der Waals surface area (Å²) in [4.78, 5) is 3.25. The average molecular weight is 204 g/mol. The number of aromatic nitrogens is 1. The second kappa shape index (κ2) is 4.36. The topological polar surface area (TPSA) is 37.0 Å². The molecule has 0 amide bonds. The SMILES string of the molecule is CCOc1ccc2c(CNC)c[nH]c2c1. The summed E-state index contributed by atoms with van der Waals surface area (Å²) >= 11 is 0. The third-order valence-electron chi connectivity index (χ3n) is 2.42. The highest BCUT2D eigenvalue weighted by molar-refractivity contribution is 5.84. The van der Waals surface area contributed by atoms with E-state index in [0.29, 0.717) is 6.61 Å². The van der Waals surface area contributed by atoms with Gasteiger partial charge in [-0.05, 0) is 31.7 Å². The van der Waals surface area contributed by atoms with Gasteiger partial charge in [0.1, 0.15) is 5.75 Å². The van der Waals surface area contributed by atoms with Crippen molar-refractivity contribution in [2.45, 2.75) is 13.5 Å². The molecule has 2 aromatic rings. The molecule has 80 valence electrons. The first kappa shape index (κ1) is 10.1. The molecule has 0 aliphatic heterocycles. The predicted molar refractivity (Wildman–Crippen MR) is 62.2 cm³/mol. The molecule has 0 saturated carbocycles. The van der Waals surface area contributed by atoms with E-state index in [9.17, 15) is 0 Å². The van der Waals surface area contributed by atoms with E-state index in [4.69, 9.17) is 4.74 Å². The Morgan fingerprint density at radius 3 is 3.00 bits per heavy atom. The van der Waals surface area contributed by atoms with Crippen LogP contribution < -0.4 is 10.1 Å². The van der Waals surface area contributed by atoms with Crippen LogP contribution in [-0.4, -0.2) is 18.6 Å². The maximum Gasteiger partial charge on any atom is 0.121 e. The van der Waals surface area contributed by atoms with E-state index < -0.39 is 0 Å². The standard InChI is InChI=1S/C12H16N2O/c1-3-15-10-4-5-11-9(7-13-2)8-14-12(11)6-10/h4-6,8,13-14H,3,7H2,1-2H3. The molecule has 1 heterocycles. The minimum Gasteiger partial charge on any atom is -0.494 e. The van der Waals surface area contributed by atoms with Crippen LogP contribution in [0.5, 0.6) is 5.75 Å². The average Bonchev–Trinajstić information content (AvgIpc) is 2.62. The van der Waals surface area contributed by atoms with Gasteiger partial charge in [-0.1, -0.05) is 0 Å². The van der Waals surface area contributed by atoms with Crippen molar-refractivity contribution < 1.29 is 4.74 Å². The molecule has 0 unspecified atom stereocenters. The number of rotatable bonds is 4. The van der Waals surface area contributed by atoms with Gasteiger partial charge in [-0.15, -0.1) is 0 Å². The Kier molecular flexibility index (Phi) is 2.92. The van der Waals surface area contributed by atoms with Crippen LogP contribution in [0.25, 0.3) is 10.9 Å². The number of ether oxygens (including phenoxy) is 1. The van der Waals surface area contributed by atoms with E-state index >= 15 is 0 Å². The first-order chi connectivity index (χ1) is 7.35. The molecular formula is C12H16N2O. The summed E-state index contributed by atoms with van der Waals surface area (Å²) in [5.41, 5.74) is 2.42. The van der Waals surface area contributed by atoms with Gasteiger partial charge in [0.25, 0.3) is 0 Å². The van der Waals surface area contributed by atoms with Gasteiger partial charge in [-0.3, -0.25) is 0 Å². The Morgan fingerprint density at radius 1 is 1.40 bits per heavy atom. The number of aromatic amines is 1. The van der Waals surface area contributed by atoms with Gasteiger partial charge >= 0.3 is 0 Å². The van der Waals surface area contributed by atoms with E-state index in [1.165, 1.54) is 10.9 Å². The first-order valence-corrected chi connectivity index (χ1v) is 5.22. The number of fused-ring (bicyclic) bond motifs is 1. The number of nitrogens with one attached hydrogen (secondary N) is 2. The zero-order valence-electron chi connectivity index (χ0n) is 9.13. The van der Waals surface area contributed by atoms with Crippen molar-refractivity contribution in [1.29, 1.82) is 0 Å². The summed E-state index contributed by atoms with van der Waals surface area (Å²) in [7, 11) is 1.95. The van der Waals surface area contributed by atoms with Gasteiger partial charge in [-0.2, -0.15) is 0 Å². The van der Waals surface area contributed by atoms with Crippen LogP contribution in [0.4, 0.5) is 0 Å². The van der Waals surface area contributed by atoms with E-state index in [1.807, 2.05) is 32.3 Å². The fourth-order valence-corrected chi connectivity index (χ4v) is 1.76. The van der Waals surface area contributed by atoms with Crippen LogP contribution in [0.3, 0.4) is 0 Å². The Labute approximate surface area is 89.4 Å². The van der Waals surface area contributed by atoms with Crippen molar-refractivity contribution in [2.24, 2.45) is 0 Å². The van der Waals surface area contributed by atoms with Crippen molar-refractivity contribution in [1.82, 2.24) is 10.3 Å². The number of H-pyrrole nitrogens is 1. The normalized spacial score (nSPS) is 10.8. The minimum absolute atomic E-state index is 0.704. The van der Waals surface area contributed by atoms with E-state index in [1.54, 1.807) is 0 Å². The van der Waals surface area contributed by atoms with E-state index in [2.05, 4.69) is 16.4 Å². The highest BCUT2D eigenvalue weighted by Crippen LogP contribution is 2.23. The molecule has 1 aromatic carbocycles. The summed E-state index contributed by atoms with van der Waals surface area (Å²) in [6.45, 7) is 3.58. The summed E-state index contributed by atoms with van der Waals surface area (Å²) in [6, 6.07) is 6.15. The van der Waals surface area contributed by atoms with Gasteiger partial charge < -0.3 is 15.0 Å². The van der Waals surface area contributed by atoms with Gasteiger partial charge in [-0.25, -0.2) is 0 Å². The summed E-state index contributed by atoms with van der Waals surface area (Å²) < 4.78 is 5.45. The van der Waals surface area contributed by atoms with E-state index in [0.717, 1.165) is 17.8 Å². The summed E-state index contributed by atoms with van der Waals surface area (Å²) in [5, 5.41) is 4.41. The fourth-order valence-electron chi connectivity index (χ4n) is 1.76. The first-order valence-electron chi connectivity index (χ1n) is 5.22. The molecule has 3 heteroatoms. The van der Waals surface area contributed by atoms with E-state index in [-0.39, 0.29) is 0 Å². The maximum atomic E-state index is 5.45. The fraction of sp³-hybridized carbons (Fsp3) is 0.333. The van der Waals surface area contributed by atoms with Crippen LogP contribution in [0.1, 0.15) is 12.5 Å². The van der Waals surface area contributed by atoms with Crippen molar-refractivity contribution >= 4 is 10.9 Å². The molecule has 0 radical (unpaired) electrons. The molecule has 2 N–H and O–H groups in total. The Hall–Kier alpha value is -1.48. The Bertz CT molecular complexity index is 448. The van der Waals surface area contributed by atoms with Crippen LogP contribution in [0.2, 0.25) is 0 Å². The molecule has 0 atom stereocenters. The third-order valence-corrected chi connectivity index (χ3v) is 2.42. The molecule has 2 rings (SSSR count). The zero-order chi connectivity index (χ0) is 10.7. The highest BCUT2D eigenvalue weighted by Gasteiger charge is 2.03. The molecule has 15 heavy (non-hydrogen) atoms. The highest BCUT2D eigenvalue weighted by atomic mass is 16.5. The Morgan fingerprint density at radius 2 is 2.27 bits per heavy atom. The molecule has 0 bridgehead atoms. The quantitative estimate of drug-likeness (QED) is 0.801. The lowest BCUT2D eigenvalue weighted by atomic mass is 10.1. The molecule has 0 fully saturated rings. The van der Waals surface area contributed by atoms with Crippen LogP contribution >= 0.6 is 0 Å². The Balaban J connectivity index is 2.38.